The van der Waals surface area contributed by atoms with Crippen molar-refractivity contribution in [1.29, 1.82) is 0 Å². The standard InChI is InChI=1S/C20H21BrN2O2/c21-15-10-12-16(13-11-15)22-20(25)17-8-4-5-9-18(17)23-19(24)14-6-2-1-3-7-14/h4-5,8-14H,1-3,6-7H2,(H,22,25)(H,23,24). The third kappa shape index (κ3) is 4.69. The van der Waals surface area contributed by atoms with Gasteiger partial charge in [0.2, 0.25) is 5.91 Å². The molecule has 2 amide bonds. The zero-order valence-corrected chi connectivity index (χ0v) is 15.5. The number of carbonyl (C=O) groups is 2. The Balaban J connectivity index is 1.72. The lowest BCUT2D eigenvalue weighted by Gasteiger charge is -2.21. The third-order valence-corrected chi connectivity index (χ3v) is 5.04. The molecule has 0 unspecified atom stereocenters. The second-order valence-corrected chi connectivity index (χ2v) is 7.25. The van der Waals surface area contributed by atoms with Crippen LogP contribution in [0.1, 0.15) is 42.5 Å². The van der Waals surface area contributed by atoms with Crippen LogP contribution in [0.5, 0.6) is 0 Å². The topological polar surface area (TPSA) is 58.2 Å². The SMILES string of the molecule is O=C(Nc1ccc(Br)cc1)c1ccccc1NC(=O)C1CCCCC1. The van der Waals surface area contributed by atoms with Gasteiger partial charge in [-0.25, -0.2) is 0 Å². The van der Waals surface area contributed by atoms with Gasteiger partial charge < -0.3 is 10.6 Å². The number of hydrogen-bond donors (Lipinski definition) is 2. The Labute approximate surface area is 156 Å². The van der Waals surface area contributed by atoms with Crippen LogP contribution in [0.15, 0.2) is 53.0 Å². The van der Waals surface area contributed by atoms with Crippen LogP contribution in [0.25, 0.3) is 0 Å². The summed E-state index contributed by atoms with van der Waals surface area (Å²) in [6, 6.07) is 14.5. The summed E-state index contributed by atoms with van der Waals surface area (Å²) < 4.78 is 0.950. The highest BCUT2D eigenvalue weighted by atomic mass is 79.9. The Hall–Kier alpha value is -2.14. The van der Waals surface area contributed by atoms with E-state index in [1.807, 2.05) is 30.3 Å². The lowest BCUT2D eigenvalue weighted by molar-refractivity contribution is -0.120. The Morgan fingerprint density at radius 3 is 2.28 bits per heavy atom. The fraction of sp³-hybridized carbons (Fsp3) is 0.300. The van der Waals surface area contributed by atoms with E-state index in [4.69, 9.17) is 0 Å². The van der Waals surface area contributed by atoms with E-state index in [2.05, 4.69) is 26.6 Å². The van der Waals surface area contributed by atoms with Crippen molar-refractivity contribution in [2.75, 3.05) is 10.6 Å². The van der Waals surface area contributed by atoms with E-state index in [-0.39, 0.29) is 17.7 Å². The van der Waals surface area contributed by atoms with Crippen LogP contribution in [0.2, 0.25) is 0 Å². The Morgan fingerprint density at radius 2 is 1.56 bits per heavy atom. The van der Waals surface area contributed by atoms with E-state index in [1.165, 1.54) is 6.42 Å². The monoisotopic (exact) mass is 400 g/mol. The van der Waals surface area contributed by atoms with Crippen LogP contribution < -0.4 is 10.6 Å². The van der Waals surface area contributed by atoms with E-state index in [0.29, 0.717) is 16.9 Å². The van der Waals surface area contributed by atoms with Gasteiger partial charge in [-0.3, -0.25) is 9.59 Å². The van der Waals surface area contributed by atoms with Gasteiger partial charge in [-0.1, -0.05) is 47.3 Å². The minimum atomic E-state index is -0.234. The third-order valence-electron chi connectivity index (χ3n) is 4.51. The van der Waals surface area contributed by atoms with E-state index < -0.39 is 0 Å². The molecule has 130 valence electrons. The molecule has 0 atom stereocenters. The van der Waals surface area contributed by atoms with Gasteiger partial charge in [-0.15, -0.1) is 0 Å². The molecule has 1 saturated carbocycles. The van der Waals surface area contributed by atoms with Crippen molar-refractivity contribution >= 4 is 39.1 Å². The van der Waals surface area contributed by atoms with Crippen LogP contribution in [-0.2, 0) is 4.79 Å². The molecule has 0 saturated heterocycles. The number of carbonyl (C=O) groups excluding carboxylic acids is 2. The molecule has 0 radical (unpaired) electrons. The minimum Gasteiger partial charge on any atom is -0.325 e. The molecule has 2 aromatic carbocycles. The van der Waals surface area contributed by atoms with Crippen molar-refractivity contribution in [2.24, 2.45) is 5.92 Å². The number of amides is 2. The summed E-state index contributed by atoms with van der Waals surface area (Å²) in [5.41, 5.74) is 1.74. The molecule has 0 heterocycles. The first-order chi connectivity index (χ1) is 12.1. The molecule has 1 aliphatic rings. The molecule has 0 aromatic heterocycles. The molecule has 1 aliphatic carbocycles. The van der Waals surface area contributed by atoms with E-state index >= 15 is 0 Å². The molecule has 3 rings (SSSR count). The molecule has 2 aromatic rings. The number of rotatable bonds is 4. The maximum Gasteiger partial charge on any atom is 0.257 e. The molecular formula is C20H21BrN2O2. The number of halogens is 1. The Kier molecular flexibility index (Phi) is 5.87. The maximum absolute atomic E-state index is 12.6. The van der Waals surface area contributed by atoms with Gasteiger partial charge in [0, 0.05) is 16.1 Å². The average molecular weight is 401 g/mol. The van der Waals surface area contributed by atoms with Gasteiger partial charge in [0.25, 0.3) is 5.91 Å². The number of anilines is 2. The zero-order valence-electron chi connectivity index (χ0n) is 13.9. The van der Waals surface area contributed by atoms with Gasteiger partial charge in [0.05, 0.1) is 11.3 Å². The van der Waals surface area contributed by atoms with Crippen LogP contribution in [-0.4, -0.2) is 11.8 Å². The van der Waals surface area contributed by atoms with Gasteiger partial charge in [-0.05, 0) is 49.2 Å². The Morgan fingerprint density at radius 1 is 0.880 bits per heavy atom. The number of hydrogen-bond acceptors (Lipinski definition) is 2. The van der Waals surface area contributed by atoms with E-state index in [9.17, 15) is 9.59 Å². The van der Waals surface area contributed by atoms with Crippen molar-refractivity contribution in [3.63, 3.8) is 0 Å². The minimum absolute atomic E-state index is 0.0172. The van der Waals surface area contributed by atoms with Gasteiger partial charge in [0.15, 0.2) is 0 Å². The van der Waals surface area contributed by atoms with Crippen molar-refractivity contribution in [1.82, 2.24) is 0 Å². The quantitative estimate of drug-likeness (QED) is 0.738. The summed E-state index contributed by atoms with van der Waals surface area (Å²) in [6.45, 7) is 0. The predicted molar refractivity (Wildman–Crippen MR) is 104 cm³/mol. The highest BCUT2D eigenvalue weighted by molar-refractivity contribution is 9.10. The molecule has 5 heteroatoms. The number of para-hydroxylation sites is 1. The van der Waals surface area contributed by atoms with Gasteiger partial charge in [-0.2, -0.15) is 0 Å². The second kappa shape index (κ2) is 8.30. The smallest absolute Gasteiger partial charge is 0.257 e. The first-order valence-corrected chi connectivity index (χ1v) is 9.39. The van der Waals surface area contributed by atoms with Crippen molar-refractivity contribution in [2.45, 2.75) is 32.1 Å². The normalized spacial score (nSPS) is 14.8. The highest BCUT2D eigenvalue weighted by Crippen LogP contribution is 2.26. The van der Waals surface area contributed by atoms with E-state index in [0.717, 1.165) is 30.2 Å². The van der Waals surface area contributed by atoms with Gasteiger partial charge >= 0.3 is 0 Å². The number of nitrogens with one attached hydrogen (secondary N) is 2. The summed E-state index contributed by atoms with van der Waals surface area (Å²) in [4.78, 5) is 25.1. The lowest BCUT2D eigenvalue weighted by atomic mass is 9.88. The Bertz CT molecular complexity index is 753. The van der Waals surface area contributed by atoms with Crippen LogP contribution in [0, 0.1) is 5.92 Å². The van der Waals surface area contributed by atoms with Crippen molar-refractivity contribution < 1.29 is 9.59 Å². The predicted octanol–water partition coefficient (Wildman–Crippen LogP) is 5.22. The summed E-state index contributed by atoms with van der Waals surface area (Å²) in [5, 5.41) is 5.82. The second-order valence-electron chi connectivity index (χ2n) is 6.33. The summed E-state index contributed by atoms with van der Waals surface area (Å²) in [5.74, 6) is -0.165. The van der Waals surface area contributed by atoms with Crippen LogP contribution in [0.4, 0.5) is 11.4 Å². The molecule has 0 bridgehead atoms. The summed E-state index contributed by atoms with van der Waals surface area (Å²) >= 11 is 3.37. The zero-order chi connectivity index (χ0) is 17.6. The van der Waals surface area contributed by atoms with E-state index in [1.54, 1.807) is 18.2 Å². The molecule has 0 aliphatic heterocycles. The lowest BCUT2D eigenvalue weighted by Crippen LogP contribution is -2.26. The molecule has 0 spiro atoms. The molecule has 1 fully saturated rings. The molecule has 2 N–H and O–H groups in total. The van der Waals surface area contributed by atoms with Crippen molar-refractivity contribution in [3.8, 4) is 0 Å². The number of benzene rings is 2. The molecular weight excluding hydrogens is 380 g/mol. The van der Waals surface area contributed by atoms with Crippen molar-refractivity contribution in [3.05, 3.63) is 58.6 Å². The van der Waals surface area contributed by atoms with Crippen LogP contribution >= 0.6 is 15.9 Å². The first-order valence-electron chi connectivity index (χ1n) is 8.60. The average Bonchev–Trinajstić information content (AvgIpc) is 2.64. The highest BCUT2D eigenvalue weighted by Gasteiger charge is 2.22. The largest absolute Gasteiger partial charge is 0.325 e. The summed E-state index contributed by atoms with van der Waals surface area (Å²) in [7, 11) is 0. The molecule has 25 heavy (non-hydrogen) atoms. The van der Waals surface area contributed by atoms with Gasteiger partial charge in [0.1, 0.15) is 0 Å². The summed E-state index contributed by atoms with van der Waals surface area (Å²) in [6.07, 6.45) is 5.27. The first kappa shape index (κ1) is 17.7. The fourth-order valence-corrected chi connectivity index (χ4v) is 3.39. The van der Waals surface area contributed by atoms with Crippen LogP contribution in [0.3, 0.4) is 0 Å². The fourth-order valence-electron chi connectivity index (χ4n) is 3.12. The maximum atomic E-state index is 12.6. The molecule has 4 nitrogen and oxygen atoms in total.